The summed E-state index contributed by atoms with van der Waals surface area (Å²) >= 11 is 1.46. The molecule has 0 amide bonds. The van der Waals surface area contributed by atoms with Gasteiger partial charge >= 0.3 is 0 Å². The van der Waals surface area contributed by atoms with Gasteiger partial charge in [-0.25, -0.2) is 13.4 Å². The van der Waals surface area contributed by atoms with Gasteiger partial charge in [-0.15, -0.1) is 11.3 Å². The second kappa shape index (κ2) is 4.71. The Labute approximate surface area is 127 Å². The molecule has 21 heavy (non-hydrogen) atoms. The molecule has 0 spiro atoms. The smallest absolute Gasteiger partial charge is 0.263 e. The van der Waals surface area contributed by atoms with E-state index >= 15 is 0 Å². The van der Waals surface area contributed by atoms with E-state index in [1.54, 1.807) is 12.1 Å². The fraction of sp³-hybridized carbons (Fsp3) is 0.357. The average Bonchev–Trinajstić information content (AvgIpc) is 3.11. The normalized spacial score (nSPS) is 16.4. The van der Waals surface area contributed by atoms with Crippen molar-refractivity contribution in [1.29, 1.82) is 0 Å². The van der Waals surface area contributed by atoms with Crippen molar-refractivity contribution >= 4 is 32.2 Å². The molecule has 4 rings (SSSR count). The van der Waals surface area contributed by atoms with Crippen LogP contribution in [0.25, 0.3) is 0 Å². The number of aryl methyl sites for hydroxylation is 2. The van der Waals surface area contributed by atoms with Crippen LogP contribution in [-0.2, 0) is 29.3 Å². The minimum absolute atomic E-state index is 0.306. The summed E-state index contributed by atoms with van der Waals surface area (Å²) in [5.41, 5.74) is 3.14. The van der Waals surface area contributed by atoms with Gasteiger partial charge in [0.05, 0.1) is 10.6 Å². The molecule has 1 aliphatic carbocycles. The molecule has 0 bridgehead atoms. The van der Waals surface area contributed by atoms with Crippen molar-refractivity contribution in [2.24, 2.45) is 0 Å². The highest BCUT2D eigenvalue weighted by molar-refractivity contribution is 7.93. The number of sulfonamides is 1. The maximum atomic E-state index is 12.5. The summed E-state index contributed by atoms with van der Waals surface area (Å²) in [5, 5.41) is 3.71. The van der Waals surface area contributed by atoms with E-state index in [-0.39, 0.29) is 0 Å². The number of nitrogens with one attached hydrogen (secondary N) is 2. The van der Waals surface area contributed by atoms with Gasteiger partial charge in [0.15, 0.2) is 5.13 Å². The molecule has 0 atom stereocenters. The van der Waals surface area contributed by atoms with E-state index in [1.807, 2.05) is 6.07 Å². The molecule has 5 nitrogen and oxygen atoms in total. The van der Waals surface area contributed by atoms with Crippen LogP contribution in [0.3, 0.4) is 0 Å². The van der Waals surface area contributed by atoms with Crippen LogP contribution >= 0.6 is 11.3 Å². The first-order chi connectivity index (χ1) is 10.1. The molecular formula is C14H15N3O2S2. The third-order valence-corrected chi connectivity index (χ3v) is 6.45. The Morgan fingerprint density at radius 1 is 1.24 bits per heavy atom. The van der Waals surface area contributed by atoms with Gasteiger partial charge in [0.25, 0.3) is 10.0 Å². The Hall–Kier alpha value is -1.60. The number of fused-ring (bicyclic) bond motifs is 2. The number of hydrogen-bond donors (Lipinski definition) is 2. The summed E-state index contributed by atoms with van der Waals surface area (Å²) in [4.78, 5) is 5.91. The van der Waals surface area contributed by atoms with E-state index in [9.17, 15) is 8.42 Å². The lowest BCUT2D eigenvalue weighted by Gasteiger charge is -2.07. The predicted octanol–water partition coefficient (Wildman–Crippen LogP) is 2.40. The van der Waals surface area contributed by atoms with E-state index in [2.05, 4.69) is 15.0 Å². The number of thiazole rings is 1. The van der Waals surface area contributed by atoms with E-state index in [0.29, 0.717) is 10.0 Å². The maximum absolute atomic E-state index is 12.5. The second-order valence-electron chi connectivity index (χ2n) is 5.34. The summed E-state index contributed by atoms with van der Waals surface area (Å²) in [7, 11) is -3.55. The Morgan fingerprint density at radius 3 is 3.00 bits per heavy atom. The van der Waals surface area contributed by atoms with Gasteiger partial charge in [-0.3, -0.25) is 4.72 Å². The topological polar surface area (TPSA) is 71.1 Å². The summed E-state index contributed by atoms with van der Waals surface area (Å²) in [6.07, 6.45) is 3.96. The monoisotopic (exact) mass is 321 g/mol. The molecule has 0 saturated heterocycles. The van der Waals surface area contributed by atoms with E-state index < -0.39 is 10.0 Å². The highest BCUT2D eigenvalue weighted by atomic mass is 32.2. The fourth-order valence-corrected chi connectivity index (χ4v) is 5.19. The standard InChI is InChI=1S/C14H15N3O2S2/c18-21(19,10-4-5-11-9(8-10)6-7-15-11)17-14-16-12-2-1-3-13(12)20-14/h4-5,8,15H,1-3,6-7H2,(H,16,17). The van der Waals surface area contributed by atoms with E-state index in [0.717, 1.165) is 49.2 Å². The van der Waals surface area contributed by atoms with Crippen LogP contribution in [0.1, 0.15) is 22.6 Å². The molecule has 1 aromatic carbocycles. The Kier molecular flexibility index (Phi) is 2.93. The molecule has 0 saturated carbocycles. The maximum Gasteiger partial charge on any atom is 0.263 e. The molecular weight excluding hydrogens is 306 g/mol. The highest BCUT2D eigenvalue weighted by Crippen LogP contribution is 2.32. The van der Waals surface area contributed by atoms with Gasteiger partial charge in [-0.1, -0.05) is 0 Å². The first-order valence-electron chi connectivity index (χ1n) is 7.00. The Morgan fingerprint density at radius 2 is 2.14 bits per heavy atom. The summed E-state index contributed by atoms with van der Waals surface area (Å²) in [6.45, 7) is 0.867. The number of benzene rings is 1. The van der Waals surface area contributed by atoms with Crippen molar-refractivity contribution in [3.05, 3.63) is 34.3 Å². The molecule has 0 unspecified atom stereocenters. The number of aromatic nitrogens is 1. The van der Waals surface area contributed by atoms with Gasteiger partial charge in [0.2, 0.25) is 0 Å². The van der Waals surface area contributed by atoms with Crippen molar-refractivity contribution in [2.75, 3.05) is 16.6 Å². The van der Waals surface area contributed by atoms with Crippen molar-refractivity contribution in [3.63, 3.8) is 0 Å². The molecule has 2 aromatic rings. The van der Waals surface area contributed by atoms with Crippen LogP contribution in [0.15, 0.2) is 23.1 Å². The third kappa shape index (κ3) is 2.30. The van der Waals surface area contributed by atoms with Crippen molar-refractivity contribution < 1.29 is 8.42 Å². The molecule has 1 aromatic heterocycles. The van der Waals surface area contributed by atoms with Crippen molar-refractivity contribution in [2.45, 2.75) is 30.6 Å². The molecule has 0 fully saturated rings. The lowest BCUT2D eigenvalue weighted by atomic mass is 10.2. The third-order valence-electron chi connectivity index (χ3n) is 3.91. The minimum atomic E-state index is -3.55. The fourth-order valence-electron chi connectivity index (χ4n) is 2.86. The zero-order valence-electron chi connectivity index (χ0n) is 11.3. The molecule has 0 radical (unpaired) electrons. The molecule has 2 aliphatic rings. The van der Waals surface area contributed by atoms with E-state index in [1.165, 1.54) is 16.2 Å². The summed E-state index contributed by atoms with van der Waals surface area (Å²) < 4.78 is 27.5. The first-order valence-corrected chi connectivity index (χ1v) is 9.30. The van der Waals surface area contributed by atoms with Gasteiger partial charge in [-0.2, -0.15) is 0 Å². The van der Waals surface area contributed by atoms with Gasteiger partial charge in [0.1, 0.15) is 0 Å². The molecule has 1 aliphatic heterocycles. The van der Waals surface area contributed by atoms with Gasteiger partial charge in [-0.05, 0) is 49.4 Å². The van der Waals surface area contributed by atoms with E-state index in [4.69, 9.17) is 0 Å². The number of nitrogens with zero attached hydrogens (tertiary/aromatic N) is 1. The second-order valence-corrected chi connectivity index (χ2v) is 8.11. The zero-order valence-corrected chi connectivity index (χ0v) is 13.0. The molecule has 7 heteroatoms. The largest absolute Gasteiger partial charge is 0.384 e. The van der Waals surface area contributed by atoms with Crippen LogP contribution in [0, 0.1) is 0 Å². The predicted molar refractivity (Wildman–Crippen MR) is 83.6 cm³/mol. The lowest BCUT2D eigenvalue weighted by molar-refractivity contribution is 0.601. The minimum Gasteiger partial charge on any atom is -0.384 e. The van der Waals surface area contributed by atoms with Gasteiger partial charge in [0, 0.05) is 17.1 Å². The quantitative estimate of drug-likeness (QED) is 0.910. The van der Waals surface area contributed by atoms with Crippen LogP contribution in [-0.4, -0.2) is 19.9 Å². The number of hydrogen-bond acceptors (Lipinski definition) is 5. The Bertz CT molecular complexity index is 790. The first kappa shape index (κ1) is 13.1. The highest BCUT2D eigenvalue weighted by Gasteiger charge is 2.22. The summed E-state index contributed by atoms with van der Waals surface area (Å²) in [5.74, 6) is 0. The van der Waals surface area contributed by atoms with Crippen LogP contribution in [0.4, 0.5) is 10.8 Å². The molecule has 110 valence electrons. The molecule has 2 N–H and O–H groups in total. The lowest BCUT2D eigenvalue weighted by Crippen LogP contribution is -2.13. The van der Waals surface area contributed by atoms with Crippen LogP contribution in [0.5, 0.6) is 0 Å². The van der Waals surface area contributed by atoms with Crippen molar-refractivity contribution in [3.8, 4) is 0 Å². The SMILES string of the molecule is O=S(=O)(Nc1nc2c(s1)CCC2)c1ccc2c(c1)CCN2. The molecule has 2 heterocycles. The van der Waals surface area contributed by atoms with Gasteiger partial charge < -0.3 is 5.32 Å². The van der Waals surface area contributed by atoms with Crippen molar-refractivity contribution in [1.82, 2.24) is 4.98 Å². The van der Waals surface area contributed by atoms with Crippen LogP contribution < -0.4 is 10.0 Å². The average molecular weight is 321 g/mol. The number of anilines is 2. The number of rotatable bonds is 3. The zero-order chi connectivity index (χ0) is 14.4. The Balaban J connectivity index is 1.63. The van der Waals surface area contributed by atoms with Crippen LogP contribution in [0.2, 0.25) is 0 Å². The summed E-state index contributed by atoms with van der Waals surface area (Å²) in [6, 6.07) is 5.22.